The highest BCUT2D eigenvalue weighted by Crippen LogP contribution is 2.35. The molecule has 1 aromatic carbocycles. The molecule has 0 fully saturated rings. The minimum absolute atomic E-state index is 0.154. The summed E-state index contributed by atoms with van der Waals surface area (Å²) in [5.74, 6) is -0.154. The number of nitrogens with zero attached hydrogens (tertiary/aromatic N) is 1. The average Bonchev–Trinajstić information content (AvgIpc) is 2.68. The molecule has 3 rings (SSSR count). The van der Waals surface area contributed by atoms with Gasteiger partial charge in [-0.25, -0.2) is 4.98 Å². The number of carbonyl (C=O) groups excluding carboxylic acids is 1. The lowest BCUT2D eigenvalue weighted by Gasteiger charge is -2.05. The second-order valence-electron chi connectivity index (χ2n) is 4.13. The Bertz CT molecular complexity index is 645. The number of aromatic nitrogens is 1. The van der Waals surface area contributed by atoms with Crippen molar-refractivity contribution in [1.82, 2.24) is 4.98 Å². The zero-order chi connectivity index (χ0) is 13.4. The number of fused-ring (bicyclic) bond motifs is 1. The van der Waals surface area contributed by atoms with Gasteiger partial charge in [0.05, 0.1) is 0 Å². The van der Waals surface area contributed by atoms with E-state index in [-0.39, 0.29) is 5.91 Å². The summed E-state index contributed by atoms with van der Waals surface area (Å²) in [4.78, 5) is 16.8. The second-order valence-corrected chi connectivity index (χ2v) is 6.14. The van der Waals surface area contributed by atoms with Crippen molar-refractivity contribution in [2.45, 2.75) is 16.0 Å². The van der Waals surface area contributed by atoms with Crippen LogP contribution in [-0.2, 0) is 4.79 Å². The van der Waals surface area contributed by atoms with Gasteiger partial charge in [0.2, 0.25) is 5.91 Å². The molecule has 1 aromatic heterocycles. The Morgan fingerprint density at radius 3 is 2.89 bits per heavy atom. The molecule has 0 spiro atoms. The predicted molar refractivity (Wildman–Crippen MR) is 78.1 cm³/mol. The van der Waals surface area contributed by atoms with Gasteiger partial charge in [-0.15, -0.1) is 0 Å². The van der Waals surface area contributed by atoms with Crippen LogP contribution in [0.5, 0.6) is 0 Å². The van der Waals surface area contributed by atoms with Gasteiger partial charge in [0, 0.05) is 26.8 Å². The number of halogens is 1. The first-order valence-corrected chi connectivity index (χ1v) is 7.24. The Hall–Kier alpha value is -1.37. The van der Waals surface area contributed by atoms with E-state index < -0.39 is 6.04 Å². The first kappa shape index (κ1) is 12.7. The summed E-state index contributed by atoms with van der Waals surface area (Å²) >= 11 is 4.89. The predicted octanol–water partition coefficient (Wildman–Crippen LogP) is 2.95. The van der Waals surface area contributed by atoms with E-state index in [1.54, 1.807) is 18.0 Å². The molecule has 96 valence electrons. The number of pyridine rings is 1. The van der Waals surface area contributed by atoms with E-state index in [1.807, 2.05) is 30.3 Å². The quantitative estimate of drug-likeness (QED) is 0.885. The van der Waals surface area contributed by atoms with Crippen LogP contribution in [0.3, 0.4) is 0 Å². The van der Waals surface area contributed by atoms with E-state index in [1.165, 1.54) is 0 Å². The fraction of sp³-hybridized carbons (Fsp3) is 0.0769. The minimum Gasteiger partial charge on any atom is -0.324 e. The molecule has 2 heterocycles. The van der Waals surface area contributed by atoms with Crippen LogP contribution in [-0.4, -0.2) is 10.9 Å². The van der Waals surface area contributed by atoms with Crippen molar-refractivity contribution in [1.29, 1.82) is 0 Å². The topological polar surface area (TPSA) is 68.0 Å². The summed E-state index contributed by atoms with van der Waals surface area (Å²) < 4.78 is 0.948. The fourth-order valence-electron chi connectivity index (χ4n) is 1.87. The van der Waals surface area contributed by atoms with Crippen LogP contribution in [0.15, 0.2) is 50.9 Å². The van der Waals surface area contributed by atoms with Crippen LogP contribution in [0.25, 0.3) is 0 Å². The van der Waals surface area contributed by atoms with Gasteiger partial charge in [-0.1, -0.05) is 17.8 Å². The van der Waals surface area contributed by atoms with Crippen LogP contribution >= 0.6 is 27.7 Å². The number of nitrogens with one attached hydrogen (secondary N) is 1. The van der Waals surface area contributed by atoms with Gasteiger partial charge in [0.1, 0.15) is 11.1 Å². The highest BCUT2D eigenvalue weighted by Gasteiger charge is 2.26. The number of rotatable bonds is 2. The zero-order valence-electron chi connectivity index (χ0n) is 9.76. The lowest BCUT2D eigenvalue weighted by atomic mass is 10.1. The molecular formula is C13H10BrN3OS. The SMILES string of the molecule is NC1C(=O)Nc2cc(Sc3ccc(Br)cn3)ccc21. The molecule has 1 atom stereocenters. The number of benzene rings is 1. The van der Waals surface area contributed by atoms with Crippen molar-refractivity contribution in [3.8, 4) is 0 Å². The molecule has 0 radical (unpaired) electrons. The van der Waals surface area contributed by atoms with E-state index in [0.29, 0.717) is 0 Å². The molecule has 0 saturated heterocycles. The largest absolute Gasteiger partial charge is 0.324 e. The van der Waals surface area contributed by atoms with E-state index in [9.17, 15) is 4.79 Å². The van der Waals surface area contributed by atoms with Crippen molar-refractivity contribution in [3.05, 3.63) is 46.6 Å². The molecule has 0 bridgehead atoms. The molecule has 2 aromatic rings. The molecule has 0 aliphatic carbocycles. The van der Waals surface area contributed by atoms with Crippen molar-refractivity contribution in [2.24, 2.45) is 5.73 Å². The molecule has 1 aliphatic rings. The van der Waals surface area contributed by atoms with Gasteiger partial charge in [0.15, 0.2) is 0 Å². The maximum absolute atomic E-state index is 11.5. The number of hydrogen-bond donors (Lipinski definition) is 2. The molecule has 0 saturated carbocycles. The third-order valence-electron chi connectivity index (χ3n) is 2.82. The van der Waals surface area contributed by atoms with Crippen molar-refractivity contribution in [3.63, 3.8) is 0 Å². The Balaban J connectivity index is 1.86. The minimum atomic E-state index is -0.556. The molecule has 6 heteroatoms. The first-order valence-electron chi connectivity index (χ1n) is 5.63. The Kier molecular flexibility index (Phi) is 3.30. The van der Waals surface area contributed by atoms with Gasteiger partial charge < -0.3 is 11.1 Å². The second kappa shape index (κ2) is 4.96. The number of nitrogens with two attached hydrogens (primary N) is 1. The normalized spacial score (nSPS) is 17.2. The fourth-order valence-corrected chi connectivity index (χ4v) is 2.90. The standard InChI is InChI=1S/C13H10BrN3OS/c14-7-1-4-11(16-6-7)19-8-2-3-9-10(5-8)17-13(18)12(9)15/h1-6,12H,15H2,(H,17,18). The van der Waals surface area contributed by atoms with Gasteiger partial charge in [-0.05, 0) is 40.2 Å². The monoisotopic (exact) mass is 335 g/mol. The van der Waals surface area contributed by atoms with Gasteiger partial charge in [-0.3, -0.25) is 4.79 Å². The van der Waals surface area contributed by atoms with E-state index >= 15 is 0 Å². The van der Waals surface area contributed by atoms with Crippen LogP contribution in [0.1, 0.15) is 11.6 Å². The van der Waals surface area contributed by atoms with Crippen LogP contribution in [0, 0.1) is 0 Å². The third-order valence-corrected chi connectivity index (χ3v) is 4.23. The van der Waals surface area contributed by atoms with Gasteiger partial charge in [0.25, 0.3) is 0 Å². The highest BCUT2D eigenvalue weighted by atomic mass is 79.9. The summed E-state index contributed by atoms with van der Waals surface area (Å²) in [6.45, 7) is 0. The summed E-state index contributed by atoms with van der Waals surface area (Å²) in [7, 11) is 0. The number of hydrogen-bond acceptors (Lipinski definition) is 4. The lowest BCUT2D eigenvalue weighted by Crippen LogP contribution is -2.19. The van der Waals surface area contributed by atoms with Crippen molar-refractivity contribution >= 4 is 39.3 Å². The van der Waals surface area contributed by atoms with Crippen LogP contribution < -0.4 is 11.1 Å². The smallest absolute Gasteiger partial charge is 0.245 e. The average molecular weight is 336 g/mol. The molecular weight excluding hydrogens is 326 g/mol. The first-order chi connectivity index (χ1) is 9.13. The number of carbonyl (C=O) groups is 1. The van der Waals surface area contributed by atoms with E-state index in [4.69, 9.17) is 5.73 Å². The molecule has 4 nitrogen and oxygen atoms in total. The molecule has 1 aliphatic heterocycles. The van der Waals surface area contributed by atoms with E-state index in [2.05, 4.69) is 26.2 Å². The Morgan fingerprint density at radius 1 is 1.32 bits per heavy atom. The van der Waals surface area contributed by atoms with Gasteiger partial charge in [-0.2, -0.15) is 0 Å². The molecule has 19 heavy (non-hydrogen) atoms. The van der Waals surface area contributed by atoms with Crippen LogP contribution in [0.2, 0.25) is 0 Å². The number of anilines is 1. The van der Waals surface area contributed by atoms with Crippen molar-refractivity contribution in [2.75, 3.05) is 5.32 Å². The summed E-state index contributed by atoms with van der Waals surface area (Å²) in [6.07, 6.45) is 1.76. The maximum atomic E-state index is 11.5. The third kappa shape index (κ3) is 2.51. The van der Waals surface area contributed by atoms with E-state index in [0.717, 1.165) is 25.6 Å². The number of amides is 1. The van der Waals surface area contributed by atoms with Crippen LogP contribution in [0.4, 0.5) is 5.69 Å². The summed E-state index contributed by atoms with van der Waals surface area (Å²) in [5.41, 5.74) is 7.41. The zero-order valence-corrected chi connectivity index (χ0v) is 12.2. The highest BCUT2D eigenvalue weighted by molar-refractivity contribution is 9.10. The maximum Gasteiger partial charge on any atom is 0.245 e. The Labute approximate surface area is 122 Å². The molecule has 3 N–H and O–H groups in total. The molecule has 1 amide bonds. The molecule has 1 unspecified atom stereocenters. The summed E-state index contributed by atoms with van der Waals surface area (Å²) in [5, 5.41) is 3.68. The van der Waals surface area contributed by atoms with Crippen molar-refractivity contribution < 1.29 is 4.79 Å². The lowest BCUT2D eigenvalue weighted by molar-refractivity contribution is -0.116. The van der Waals surface area contributed by atoms with Gasteiger partial charge >= 0.3 is 0 Å². The summed E-state index contributed by atoms with van der Waals surface area (Å²) in [6, 6.07) is 9.09. The Morgan fingerprint density at radius 2 is 2.16 bits per heavy atom.